The highest BCUT2D eigenvalue weighted by Crippen LogP contribution is 2.19. The van der Waals surface area contributed by atoms with Gasteiger partial charge >= 0.3 is 5.97 Å². The average Bonchev–Trinajstić information content (AvgIpc) is 2.41. The quantitative estimate of drug-likeness (QED) is 0.714. The van der Waals surface area contributed by atoms with Gasteiger partial charge in [0.05, 0.1) is 6.54 Å². The Labute approximate surface area is 126 Å². The smallest absolute Gasteiger partial charge is 0.317 e. The van der Waals surface area contributed by atoms with Crippen molar-refractivity contribution in [2.45, 2.75) is 18.9 Å². The maximum Gasteiger partial charge on any atom is 0.317 e. The summed E-state index contributed by atoms with van der Waals surface area (Å²) in [4.78, 5) is 32.2. The number of anilines is 1. The van der Waals surface area contributed by atoms with Crippen LogP contribution < -0.4 is 11.1 Å². The molecule has 1 atom stereocenters. The molecule has 21 heavy (non-hydrogen) atoms. The van der Waals surface area contributed by atoms with E-state index in [0.717, 1.165) is 12.8 Å². The van der Waals surface area contributed by atoms with Crippen LogP contribution in [0.4, 0.5) is 5.82 Å². The van der Waals surface area contributed by atoms with E-state index in [0.29, 0.717) is 13.1 Å². The van der Waals surface area contributed by atoms with Gasteiger partial charge in [-0.3, -0.25) is 14.5 Å². The van der Waals surface area contributed by atoms with E-state index in [2.05, 4.69) is 15.3 Å². The highest BCUT2D eigenvalue weighted by atomic mass is 35.5. The van der Waals surface area contributed by atoms with Crippen LogP contribution in [-0.4, -0.2) is 57.5 Å². The molecule has 2 heterocycles. The van der Waals surface area contributed by atoms with Gasteiger partial charge in [-0.05, 0) is 19.4 Å². The van der Waals surface area contributed by atoms with Crippen molar-refractivity contribution in [1.29, 1.82) is 0 Å². The fourth-order valence-corrected chi connectivity index (χ4v) is 2.49. The number of carboxylic acid groups (broad SMARTS) is 1. The summed E-state index contributed by atoms with van der Waals surface area (Å²) >= 11 is 5.90. The molecular weight excluding hydrogens is 298 g/mol. The maximum atomic E-state index is 12.1. The van der Waals surface area contributed by atoms with Crippen LogP contribution >= 0.6 is 11.6 Å². The summed E-state index contributed by atoms with van der Waals surface area (Å²) in [5, 5.41) is 11.6. The number of aliphatic carboxylic acids is 1. The normalized spacial score (nSPS) is 19.2. The van der Waals surface area contributed by atoms with E-state index in [4.69, 9.17) is 22.4 Å². The summed E-state index contributed by atoms with van der Waals surface area (Å²) in [6.45, 7) is 1.16. The Balaban J connectivity index is 1.99. The highest BCUT2D eigenvalue weighted by Gasteiger charge is 2.24. The summed E-state index contributed by atoms with van der Waals surface area (Å²) < 4.78 is 0. The molecule has 9 heteroatoms. The van der Waals surface area contributed by atoms with Gasteiger partial charge in [0, 0.05) is 12.6 Å². The predicted molar refractivity (Wildman–Crippen MR) is 76.0 cm³/mol. The lowest BCUT2D eigenvalue weighted by Crippen LogP contribution is -2.49. The third kappa shape index (κ3) is 4.02. The number of halogens is 1. The number of amides is 1. The second-order valence-electron chi connectivity index (χ2n) is 4.86. The molecule has 1 aliphatic rings. The third-order valence-corrected chi connectivity index (χ3v) is 3.60. The maximum absolute atomic E-state index is 12.1. The van der Waals surface area contributed by atoms with Crippen molar-refractivity contribution in [3.63, 3.8) is 0 Å². The van der Waals surface area contributed by atoms with E-state index in [-0.39, 0.29) is 29.1 Å². The van der Waals surface area contributed by atoms with Gasteiger partial charge in [0.25, 0.3) is 5.91 Å². The molecule has 1 aromatic heterocycles. The van der Waals surface area contributed by atoms with E-state index < -0.39 is 11.9 Å². The summed E-state index contributed by atoms with van der Waals surface area (Å²) in [5.74, 6) is -1.27. The summed E-state index contributed by atoms with van der Waals surface area (Å²) in [6.07, 6.45) is 2.77. The molecule has 1 amide bonds. The Morgan fingerprint density at radius 3 is 3.00 bits per heavy atom. The molecule has 4 N–H and O–H groups in total. The zero-order valence-electron chi connectivity index (χ0n) is 11.3. The number of rotatable bonds is 4. The van der Waals surface area contributed by atoms with Crippen LogP contribution in [0, 0.1) is 0 Å². The van der Waals surface area contributed by atoms with Gasteiger partial charge in [0.1, 0.15) is 17.2 Å². The number of nitrogens with two attached hydrogens (primary N) is 1. The lowest BCUT2D eigenvalue weighted by atomic mass is 10.1. The van der Waals surface area contributed by atoms with E-state index in [9.17, 15) is 9.59 Å². The molecule has 1 unspecified atom stereocenters. The molecular formula is C12H16ClN5O3. The van der Waals surface area contributed by atoms with E-state index in [1.54, 1.807) is 4.90 Å². The van der Waals surface area contributed by atoms with Crippen LogP contribution in [-0.2, 0) is 4.79 Å². The molecule has 0 spiro atoms. The predicted octanol–water partition coefficient (Wildman–Crippen LogP) is -0.00900. The number of piperidine rings is 1. The van der Waals surface area contributed by atoms with Crippen LogP contribution in [0.2, 0.25) is 5.02 Å². The lowest BCUT2D eigenvalue weighted by Gasteiger charge is -2.31. The van der Waals surface area contributed by atoms with Crippen molar-refractivity contribution >= 4 is 29.3 Å². The van der Waals surface area contributed by atoms with Crippen LogP contribution in [0.15, 0.2) is 6.33 Å². The van der Waals surface area contributed by atoms with Crippen molar-refractivity contribution in [3.05, 3.63) is 17.0 Å². The first kappa shape index (κ1) is 15.5. The van der Waals surface area contributed by atoms with Gasteiger partial charge in [0.2, 0.25) is 0 Å². The number of nitrogens with one attached hydrogen (secondary N) is 1. The Bertz CT molecular complexity index is 554. The average molecular weight is 314 g/mol. The number of hydrogen-bond acceptors (Lipinski definition) is 6. The molecule has 0 bridgehead atoms. The minimum absolute atomic E-state index is 0.0215. The zero-order chi connectivity index (χ0) is 15.4. The zero-order valence-corrected chi connectivity index (χ0v) is 12.0. The minimum atomic E-state index is -0.881. The Morgan fingerprint density at radius 2 is 2.29 bits per heavy atom. The third-order valence-electron chi connectivity index (χ3n) is 3.23. The summed E-state index contributed by atoms with van der Waals surface area (Å²) in [7, 11) is 0. The highest BCUT2D eigenvalue weighted by molar-refractivity contribution is 6.35. The summed E-state index contributed by atoms with van der Waals surface area (Å²) in [6, 6.07) is -0.141. The lowest BCUT2D eigenvalue weighted by molar-refractivity contribution is -0.138. The first-order chi connectivity index (χ1) is 9.97. The Morgan fingerprint density at radius 1 is 1.52 bits per heavy atom. The van der Waals surface area contributed by atoms with E-state index in [1.165, 1.54) is 6.33 Å². The van der Waals surface area contributed by atoms with Gasteiger partial charge in [-0.25, -0.2) is 9.97 Å². The van der Waals surface area contributed by atoms with Crippen LogP contribution in [0.5, 0.6) is 0 Å². The van der Waals surface area contributed by atoms with Gasteiger partial charge in [-0.15, -0.1) is 0 Å². The number of aromatic nitrogens is 2. The Kier molecular flexibility index (Phi) is 4.92. The topological polar surface area (TPSA) is 121 Å². The molecule has 114 valence electrons. The van der Waals surface area contributed by atoms with Crippen molar-refractivity contribution in [2.24, 2.45) is 0 Å². The van der Waals surface area contributed by atoms with Crippen LogP contribution in [0.1, 0.15) is 23.3 Å². The van der Waals surface area contributed by atoms with Gasteiger partial charge < -0.3 is 16.2 Å². The molecule has 0 aromatic carbocycles. The number of likely N-dealkylation sites (tertiary alicyclic amines) is 1. The van der Waals surface area contributed by atoms with Gasteiger partial charge in [-0.2, -0.15) is 0 Å². The molecule has 1 fully saturated rings. The number of carbonyl (C=O) groups excluding carboxylic acids is 1. The minimum Gasteiger partial charge on any atom is -0.480 e. The largest absolute Gasteiger partial charge is 0.480 e. The number of carbonyl (C=O) groups is 2. The fraction of sp³-hybridized carbons (Fsp3) is 0.500. The van der Waals surface area contributed by atoms with Gasteiger partial charge in [-0.1, -0.05) is 11.6 Å². The van der Waals surface area contributed by atoms with Crippen LogP contribution in [0.3, 0.4) is 0 Å². The number of nitrogens with zero attached hydrogens (tertiary/aromatic N) is 3. The van der Waals surface area contributed by atoms with Crippen molar-refractivity contribution in [1.82, 2.24) is 20.2 Å². The SMILES string of the molecule is Nc1ncnc(C(=O)NC2CCCN(CC(=O)O)C2)c1Cl. The molecule has 1 saturated heterocycles. The molecule has 1 aromatic rings. The van der Waals surface area contributed by atoms with Crippen LogP contribution in [0.25, 0.3) is 0 Å². The molecule has 8 nitrogen and oxygen atoms in total. The number of nitrogen functional groups attached to an aromatic ring is 1. The first-order valence-corrected chi connectivity index (χ1v) is 6.86. The number of carboxylic acids is 1. The van der Waals surface area contributed by atoms with E-state index >= 15 is 0 Å². The molecule has 0 radical (unpaired) electrons. The summed E-state index contributed by atoms with van der Waals surface area (Å²) in [5.41, 5.74) is 5.56. The molecule has 0 aliphatic carbocycles. The second kappa shape index (κ2) is 6.68. The van der Waals surface area contributed by atoms with Crippen molar-refractivity contribution in [3.8, 4) is 0 Å². The number of hydrogen-bond donors (Lipinski definition) is 3. The van der Waals surface area contributed by atoms with E-state index in [1.807, 2.05) is 0 Å². The van der Waals surface area contributed by atoms with Crippen molar-refractivity contribution in [2.75, 3.05) is 25.4 Å². The van der Waals surface area contributed by atoms with Gasteiger partial charge in [0.15, 0.2) is 5.69 Å². The Hall–Kier alpha value is -1.93. The molecule has 0 saturated carbocycles. The fourth-order valence-electron chi connectivity index (χ4n) is 2.30. The standard InChI is InChI=1S/C12H16ClN5O3/c13-9-10(15-6-16-11(9)14)12(21)17-7-2-1-3-18(4-7)5-8(19)20/h6-7H,1-5H2,(H,17,21)(H,19,20)(H2,14,15,16). The monoisotopic (exact) mass is 313 g/mol. The second-order valence-corrected chi connectivity index (χ2v) is 5.24. The first-order valence-electron chi connectivity index (χ1n) is 6.48. The molecule has 1 aliphatic heterocycles. The van der Waals surface area contributed by atoms with Crippen molar-refractivity contribution < 1.29 is 14.7 Å². The molecule has 2 rings (SSSR count).